The van der Waals surface area contributed by atoms with Crippen LogP contribution in [0, 0.1) is 31.0 Å². The van der Waals surface area contributed by atoms with Crippen molar-refractivity contribution in [2.75, 3.05) is 5.32 Å². The van der Waals surface area contributed by atoms with Gasteiger partial charge in [0, 0.05) is 12.1 Å². The topological polar surface area (TPSA) is 52.9 Å². The van der Waals surface area contributed by atoms with Gasteiger partial charge in [-0.15, -0.1) is 0 Å². The number of nitriles is 1. The maximum Gasteiger partial charge on any atom is 0.266 e. The zero-order chi connectivity index (χ0) is 20.8. The summed E-state index contributed by atoms with van der Waals surface area (Å²) in [6.45, 7) is 3.85. The molecule has 0 bridgehead atoms. The van der Waals surface area contributed by atoms with Crippen molar-refractivity contribution in [2.45, 2.75) is 20.3 Å². The third-order valence-corrected chi connectivity index (χ3v) is 4.65. The fourth-order valence-electron chi connectivity index (χ4n) is 2.97. The van der Waals surface area contributed by atoms with Crippen molar-refractivity contribution in [1.82, 2.24) is 0 Å². The zero-order valence-electron chi connectivity index (χ0n) is 16.4. The highest BCUT2D eigenvalue weighted by atomic mass is 19.1. The Morgan fingerprint density at radius 2 is 1.79 bits per heavy atom. The molecule has 3 rings (SSSR count). The summed E-state index contributed by atoms with van der Waals surface area (Å²) in [6, 6.07) is 21.8. The fourth-order valence-corrected chi connectivity index (χ4v) is 2.97. The van der Waals surface area contributed by atoms with Gasteiger partial charge >= 0.3 is 0 Å². The maximum absolute atomic E-state index is 13.8. The van der Waals surface area contributed by atoms with Crippen LogP contribution in [-0.2, 0) is 11.2 Å². The molecule has 0 radical (unpaired) electrons. The van der Waals surface area contributed by atoms with E-state index in [1.807, 2.05) is 68.4 Å². The molecule has 29 heavy (non-hydrogen) atoms. The van der Waals surface area contributed by atoms with Gasteiger partial charge < -0.3 is 5.32 Å². The molecule has 144 valence electrons. The van der Waals surface area contributed by atoms with Crippen LogP contribution in [0.5, 0.6) is 0 Å². The molecular formula is C25H21FN2O. The van der Waals surface area contributed by atoms with Crippen molar-refractivity contribution in [2.24, 2.45) is 0 Å². The normalized spacial score (nSPS) is 11.0. The van der Waals surface area contributed by atoms with Crippen molar-refractivity contribution in [3.8, 4) is 6.07 Å². The highest BCUT2D eigenvalue weighted by molar-refractivity contribution is 6.10. The second-order valence-corrected chi connectivity index (χ2v) is 6.95. The summed E-state index contributed by atoms with van der Waals surface area (Å²) in [7, 11) is 0. The number of hydrogen-bond donors (Lipinski definition) is 1. The van der Waals surface area contributed by atoms with Crippen LogP contribution in [0.2, 0.25) is 0 Å². The number of nitrogens with one attached hydrogen (secondary N) is 1. The Labute approximate surface area is 170 Å². The molecule has 0 aromatic heterocycles. The molecular weight excluding hydrogens is 363 g/mol. The first-order valence-corrected chi connectivity index (χ1v) is 9.29. The van der Waals surface area contributed by atoms with Gasteiger partial charge in [0.25, 0.3) is 5.91 Å². The molecule has 0 aliphatic rings. The smallest absolute Gasteiger partial charge is 0.266 e. The minimum atomic E-state index is -0.448. The first-order valence-electron chi connectivity index (χ1n) is 9.29. The number of carbonyl (C=O) groups excluding carboxylic acids is 1. The highest BCUT2D eigenvalue weighted by Gasteiger charge is 2.11. The largest absolute Gasteiger partial charge is 0.321 e. The van der Waals surface area contributed by atoms with E-state index >= 15 is 0 Å². The summed E-state index contributed by atoms with van der Waals surface area (Å²) < 4.78 is 13.8. The second-order valence-electron chi connectivity index (χ2n) is 6.95. The Hall–Kier alpha value is -3.71. The van der Waals surface area contributed by atoms with Crippen molar-refractivity contribution in [1.29, 1.82) is 5.26 Å². The molecule has 3 aromatic carbocycles. The van der Waals surface area contributed by atoms with Crippen molar-refractivity contribution < 1.29 is 9.18 Å². The lowest BCUT2D eigenvalue weighted by molar-refractivity contribution is -0.112. The third-order valence-electron chi connectivity index (χ3n) is 4.65. The van der Waals surface area contributed by atoms with Gasteiger partial charge in [-0.3, -0.25) is 4.79 Å². The predicted molar refractivity (Wildman–Crippen MR) is 114 cm³/mol. The van der Waals surface area contributed by atoms with Crippen LogP contribution in [0.4, 0.5) is 10.1 Å². The average Bonchev–Trinajstić information content (AvgIpc) is 2.71. The minimum absolute atomic E-state index is 0.0211. The Bertz CT molecular complexity index is 1110. The average molecular weight is 384 g/mol. The molecule has 0 aliphatic heterocycles. The molecule has 0 saturated heterocycles. The monoisotopic (exact) mass is 384 g/mol. The standard InChI is InChI=1S/C25H21FN2O/c1-17-7-8-18(2)24(13-17)28-25(29)22(16-27)15-20-11-9-19(10-12-20)14-21-5-3-4-6-23(21)26/h3-13,15H,14H2,1-2H3,(H,28,29)/b22-15+. The number of aryl methyl sites for hydroxylation is 2. The Morgan fingerprint density at radius 3 is 2.48 bits per heavy atom. The molecule has 0 fully saturated rings. The van der Waals surface area contributed by atoms with Gasteiger partial charge in [0.2, 0.25) is 0 Å². The van der Waals surface area contributed by atoms with Gasteiger partial charge in [-0.05, 0) is 59.9 Å². The van der Waals surface area contributed by atoms with E-state index in [2.05, 4.69) is 5.32 Å². The van der Waals surface area contributed by atoms with Gasteiger partial charge in [-0.1, -0.05) is 54.6 Å². The number of nitrogens with zero attached hydrogens (tertiary/aromatic N) is 1. The van der Waals surface area contributed by atoms with E-state index < -0.39 is 5.91 Å². The summed E-state index contributed by atoms with van der Waals surface area (Å²) in [5.41, 5.74) is 4.98. The lowest BCUT2D eigenvalue weighted by atomic mass is 10.0. The predicted octanol–water partition coefficient (Wildman–Crippen LogP) is 5.58. The summed E-state index contributed by atoms with van der Waals surface area (Å²) in [6.07, 6.45) is 2.03. The first kappa shape index (κ1) is 20.0. The summed E-state index contributed by atoms with van der Waals surface area (Å²) in [5.74, 6) is -0.678. The molecule has 0 atom stereocenters. The molecule has 0 spiro atoms. The second kappa shape index (κ2) is 8.99. The van der Waals surface area contributed by atoms with Crippen molar-refractivity contribution in [3.63, 3.8) is 0 Å². The van der Waals surface area contributed by atoms with Gasteiger partial charge in [0.1, 0.15) is 17.5 Å². The molecule has 0 saturated carbocycles. The van der Waals surface area contributed by atoms with E-state index in [0.717, 1.165) is 22.3 Å². The molecule has 4 heteroatoms. The van der Waals surface area contributed by atoms with Crippen molar-refractivity contribution in [3.05, 3.63) is 106 Å². The van der Waals surface area contributed by atoms with Crippen LogP contribution in [0.1, 0.15) is 27.8 Å². The van der Waals surface area contributed by atoms with E-state index in [0.29, 0.717) is 17.7 Å². The van der Waals surface area contributed by atoms with E-state index in [9.17, 15) is 14.4 Å². The minimum Gasteiger partial charge on any atom is -0.321 e. The molecule has 1 amide bonds. The SMILES string of the molecule is Cc1ccc(C)c(NC(=O)/C(C#N)=C/c2ccc(Cc3ccccc3F)cc2)c1. The lowest BCUT2D eigenvalue weighted by Crippen LogP contribution is -2.14. The van der Waals surface area contributed by atoms with Crippen LogP contribution in [0.25, 0.3) is 6.08 Å². The Morgan fingerprint density at radius 1 is 1.07 bits per heavy atom. The third kappa shape index (κ3) is 5.18. The van der Waals surface area contributed by atoms with Gasteiger partial charge in [-0.2, -0.15) is 5.26 Å². The van der Waals surface area contributed by atoms with E-state index in [4.69, 9.17) is 0 Å². The molecule has 0 aliphatic carbocycles. The van der Waals surface area contributed by atoms with E-state index in [-0.39, 0.29) is 11.4 Å². The van der Waals surface area contributed by atoms with Crippen molar-refractivity contribution >= 4 is 17.7 Å². The van der Waals surface area contributed by atoms with Gasteiger partial charge in [0.05, 0.1) is 0 Å². The molecule has 1 N–H and O–H groups in total. The molecule has 3 aromatic rings. The van der Waals surface area contributed by atoms with Crippen LogP contribution >= 0.6 is 0 Å². The van der Waals surface area contributed by atoms with Crippen LogP contribution < -0.4 is 5.32 Å². The maximum atomic E-state index is 13.8. The van der Waals surface area contributed by atoms with Crippen LogP contribution in [0.3, 0.4) is 0 Å². The van der Waals surface area contributed by atoms with E-state index in [1.165, 1.54) is 6.07 Å². The first-order chi connectivity index (χ1) is 14.0. The van der Waals surface area contributed by atoms with Crippen LogP contribution in [0.15, 0.2) is 72.3 Å². The zero-order valence-corrected chi connectivity index (χ0v) is 16.4. The summed E-state index contributed by atoms with van der Waals surface area (Å²) in [5, 5.41) is 12.2. The highest BCUT2D eigenvalue weighted by Crippen LogP contribution is 2.19. The number of benzene rings is 3. The summed E-state index contributed by atoms with van der Waals surface area (Å²) in [4.78, 5) is 12.5. The number of rotatable bonds is 5. The number of hydrogen-bond acceptors (Lipinski definition) is 2. The number of anilines is 1. The van der Waals surface area contributed by atoms with Gasteiger partial charge in [0.15, 0.2) is 0 Å². The Kier molecular flexibility index (Phi) is 6.21. The fraction of sp³-hybridized carbons (Fsp3) is 0.120. The Balaban J connectivity index is 1.75. The summed E-state index contributed by atoms with van der Waals surface area (Å²) >= 11 is 0. The molecule has 0 heterocycles. The number of halogens is 1. The lowest BCUT2D eigenvalue weighted by Gasteiger charge is -2.09. The number of carbonyl (C=O) groups is 1. The quantitative estimate of drug-likeness (QED) is 0.461. The molecule has 0 unspecified atom stereocenters. The van der Waals surface area contributed by atoms with E-state index in [1.54, 1.807) is 18.2 Å². The van der Waals surface area contributed by atoms with Gasteiger partial charge in [-0.25, -0.2) is 4.39 Å². The molecule has 3 nitrogen and oxygen atoms in total. The van der Waals surface area contributed by atoms with Crippen LogP contribution in [-0.4, -0.2) is 5.91 Å². The number of amides is 1.